The Morgan fingerprint density at radius 2 is 1.53 bits per heavy atom. The van der Waals surface area contributed by atoms with Crippen molar-refractivity contribution >= 4 is 29.0 Å². The van der Waals surface area contributed by atoms with Crippen LogP contribution in [0.25, 0.3) is 5.57 Å². The summed E-state index contributed by atoms with van der Waals surface area (Å²) in [6.07, 6.45) is 0. The first-order valence-electron chi connectivity index (χ1n) is 9.91. The van der Waals surface area contributed by atoms with Crippen molar-refractivity contribution in [2.24, 2.45) is 0 Å². The number of halogens is 1. The molecule has 30 heavy (non-hydrogen) atoms. The average Bonchev–Trinajstić information content (AvgIpc) is 3.00. The van der Waals surface area contributed by atoms with Crippen molar-refractivity contribution in [2.75, 3.05) is 40.3 Å². The van der Waals surface area contributed by atoms with Gasteiger partial charge in [-0.1, -0.05) is 35.9 Å². The number of likely N-dealkylation sites (N-methyl/N-ethyl adjacent to an activating group) is 1. The largest absolute Gasteiger partial charge is 0.497 e. The van der Waals surface area contributed by atoms with Crippen LogP contribution in [0.5, 0.6) is 5.75 Å². The summed E-state index contributed by atoms with van der Waals surface area (Å²) in [6.45, 7) is 3.32. The van der Waals surface area contributed by atoms with Crippen LogP contribution >= 0.6 is 11.6 Å². The number of ether oxygens (including phenoxy) is 1. The number of nitrogens with zero attached hydrogens (tertiary/aromatic N) is 3. The van der Waals surface area contributed by atoms with Crippen molar-refractivity contribution in [1.82, 2.24) is 14.7 Å². The molecule has 0 aromatic heterocycles. The first-order chi connectivity index (χ1) is 14.5. The smallest absolute Gasteiger partial charge is 0.278 e. The number of methoxy groups -OCH3 is 1. The predicted molar refractivity (Wildman–Crippen MR) is 116 cm³/mol. The second-order valence-corrected chi connectivity index (χ2v) is 8.00. The van der Waals surface area contributed by atoms with Crippen LogP contribution in [-0.2, 0) is 16.1 Å². The number of imide groups is 1. The Morgan fingerprint density at radius 3 is 2.13 bits per heavy atom. The van der Waals surface area contributed by atoms with Gasteiger partial charge in [0.1, 0.15) is 11.4 Å². The number of rotatable bonds is 5. The fourth-order valence-electron chi connectivity index (χ4n) is 3.82. The number of benzene rings is 2. The van der Waals surface area contributed by atoms with E-state index in [2.05, 4.69) is 11.9 Å². The van der Waals surface area contributed by atoms with Crippen LogP contribution in [0.2, 0.25) is 5.02 Å². The summed E-state index contributed by atoms with van der Waals surface area (Å²) in [5.74, 6) is 0.189. The average molecular weight is 426 g/mol. The quantitative estimate of drug-likeness (QED) is 0.689. The zero-order valence-electron chi connectivity index (χ0n) is 17.1. The molecule has 2 heterocycles. The second kappa shape index (κ2) is 8.50. The molecule has 2 amide bonds. The maximum atomic E-state index is 13.4. The zero-order chi connectivity index (χ0) is 21.3. The van der Waals surface area contributed by atoms with E-state index in [1.807, 2.05) is 41.3 Å². The third kappa shape index (κ3) is 3.93. The van der Waals surface area contributed by atoms with E-state index in [-0.39, 0.29) is 18.4 Å². The second-order valence-electron chi connectivity index (χ2n) is 7.57. The molecule has 6 nitrogen and oxygen atoms in total. The lowest BCUT2D eigenvalue weighted by molar-refractivity contribution is -0.138. The molecule has 2 aliphatic heterocycles. The summed E-state index contributed by atoms with van der Waals surface area (Å²) in [4.78, 5) is 32.4. The van der Waals surface area contributed by atoms with Crippen molar-refractivity contribution < 1.29 is 14.3 Å². The molecule has 0 bridgehead atoms. The van der Waals surface area contributed by atoms with Crippen LogP contribution < -0.4 is 4.74 Å². The standard InChI is InChI=1S/C23H24ClN3O3/c1-25-11-13-26(14-12-25)21-20(17-5-9-19(30-2)10-6-17)22(28)27(23(21)29)15-16-3-7-18(24)8-4-16/h3-10H,11-15H2,1-2H3. The maximum Gasteiger partial charge on any atom is 0.278 e. The van der Waals surface area contributed by atoms with Gasteiger partial charge in [0, 0.05) is 31.2 Å². The third-order valence-electron chi connectivity index (χ3n) is 5.60. The SMILES string of the molecule is COc1ccc(C2=C(N3CCN(C)CC3)C(=O)N(Cc3ccc(Cl)cc3)C2=O)cc1. The van der Waals surface area contributed by atoms with Gasteiger partial charge in [-0.25, -0.2) is 0 Å². The first kappa shape index (κ1) is 20.4. The number of carbonyl (C=O) groups excluding carboxylic acids is 2. The predicted octanol–water partition coefficient (Wildman–Crippen LogP) is 2.88. The van der Waals surface area contributed by atoms with Crippen LogP contribution in [0.3, 0.4) is 0 Å². The fraction of sp³-hybridized carbons (Fsp3) is 0.304. The van der Waals surface area contributed by atoms with Crippen molar-refractivity contribution in [3.8, 4) is 5.75 Å². The highest BCUT2D eigenvalue weighted by atomic mass is 35.5. The van der Waals surface area contributed by atoms with E-state index in [1.165, 1.54) is 4.90 Å². The molecule has 2 aliphatic rings. The van der Waals surface area contributed by atoms with E-state index in [1.54, 1.807) is 19.2 Å². The molecule has 156 valence electrons. The van der Waals surface area contributed by atoms with E-state index in [4.69, 9.17) is 16.3 Å². The van der Waals surface area contributed by atoms with E-state index in [0.717, 1.165) is 24.2 Å². The van der Waals surface area contributed by atoms with Gasteiger partial charge in [-0.3, -0.25) is 14.5 Å². The van der Waals surface area contributed by atoms with Crippen LogP contribution in [0.4, 0.5) is 0 Å². The molecule has 2 aromatic rings. The lowest BCUT2D eigenvalue weighted by Gasteiger charge is -2.34. The fourth-order valence-corrected chi connectivity index (χ4v) is 3.95. The molecule has 1 saturated heterocycles. The summed E-state index contributed by atoms with van der Waals surface area (Å²) in [7, 11) is 3.66. The van der Waals surface area contributed by atoms with Crippen molar-refractivity contribution in [1.29, 1.82) is 0 Å². The minimum absolute atomic E-state index is 0.214. The molecule has 4 rings (SSSR count). The summed E-state index contributed by atoms with van der Waals surface area (Å²) < 4.78 is 5.24. The molecule has 7 heteroatoms. The third-order valence-corrected chi connectivity index (χ3v) is 5.85. The van der Waals surface area contributed by atoms with E-state index >= 15 is 0 Å². The van der Waals surface area contributed by atoms with Crippen LogP contribution in [-0.4, -0.2) is 66.9 Å². The molecule has 0 radical (unpaired) electrons. The molecule has 2 aromatic carbocycles. The highest BCUT2D eigenvalue weighted by Crippen LogP contribution is 2.34. The Morgan fingerprint density at radius 1 is 0.900 bits per heavy atom. The summed E-state index contributed by atoms with van der Waals surface area (Å²) in [5, 5.41) is 0.619. The van der Waals surface area contributed by atoms with E-state index in [9.17, 15) is 9.59 Å². The lowest BCUT2D eigenvalue weighted by atomic mass is 10.0. The molecule has 0 aliphatic carbocycles. The zero-order valence-corrected chi connectivity index (χ0v) is 17.9. The lowest BCUT2D eigenvalue weighted by Crippen LogP contribution is -2.46. The number of amides is 2. The Balaban J connectivity index is 1.70. The number of hydrogen-bond acceptors (Lipinski definition) is 5. The molecular formula is C23H24ClN3O3. The molecule has 0 atom stereocenters. The highest BCUT2D eigenvalue weighted by Gasteiger charge is 2.42. The van der Waals surface area contributed by atoms with Gasteiger partial charge < -0.3 is 14.5 Å². The molecule has 0 N–H and O–H groups in total. The van der Waals surface area contributed by atoms with Gasteiger partial charge in [0.25, 0.3) is 11.8 Å². The molecule has 0 unspecified atom stereocenters. The number of carbonyl (C=O) groups is 2. The van der Waals surface area contributed by atoms with Gasteiger partial charge in [-0.05, 0) is 42.4 Å². The molecule has 0 spiro atoms. The van der Waals surface area contributed by atoms with Gasteiger partial charge in [0.05, 0.1) is 19.2 Å². The van der Waals surface area contributed by atoms with Crippen LogP contribution in [0.1, 0.15) is 11.1 Å². The van der Waals surface area contributed by atoms with Crippen molar-refractivity contribution in [3.05, 3.63) is 70.4 Å². The Labute approximate surface area is 181 Å². The van der Waals surface area contributed by atoms with Crippen LogP contribution in [0, 0.1) is 0 Å². The molecule has 0 saturated carbocycles. The molecule has 1 fully saturated rings. The number of piperazine rings is 1. The minimum Gasteiger partial charge on any atom is -0.497 e. The van der Waals surface area contributed by atoms with Gasteiger partial charge in [0.15, 0.2) is 0 Å². The summed E-state index contributed by atoms with van der Waals surface area (Å²) in [5.41, 5.74) is 2.53. The summed E-state index contributed by atoms with van der Waals surface area (Å²) >= 11 is 5.97. The topological polar surface area (TPSA) is 53.1 Å². The Hall–Kier alpha value is -2.83. The highest BCUT2D eigenvalue weighted by molar-refractivity contribution is 6.35. The molecular weight excluding hydrogens is 402 g/mol. The Kier molecular flexibility index (Phi) is 5.79. The van der Waals surface area contributed by atoms with Gasteiger partial charge in [0.2, 0.25) is 0 Å². The van der Waals surface area contributed by atoms with E-state index in [0.29, 0.717) is 35.1 Å². The van der Waals surface area contributed by atoms with Crippen molar-refractivity contribution in [3.63, 3.8) is 0 Å². The number of hydrogen-bond donors (Lipinski definition) is 0. The van der Waals surface area contributed by atoms with Gasteiger partial charge in [-0.2, -0.15) is 0 Å². The monoisotopic (exact) mass is 425 g/mol. The van der Waals surface area contributed by atoms with Crippen LogP contribution in [0.15, 0.2) is 54.2 Å². The maximum absolute atomic E-state index is 13.4. The summed E-state index contributed by atoms with van der Waals surface area (Å²) in [6, 6.07) is 14.5. The minimum atomic E-state index is -0.269. The first-order valence-corrected chi connectivity index (χ1v) is 10.3. The van der Waals surface area contributed by atoms with Crippen molar-refractivity contribution in [2.45, 2.75) is 6.54 Å². The van der Waals surface area contributed by atoms with Gasteiger partial charge in [-0.15, -0.1) is 0 Å². The van der Waals surface area contributed by atoms with Gasteiger partial charge >= 0.3 is 0 Å². The normalized spacial score (nSPS) is 17.8. The Bertz CT molecular complexity index is 978. The van der Waals surface area contributed by atoms with E-state index < -0.39 is 0 Å².